The van der Waals surface area contributed by atoms with Gasteiger partial charge in [-0.25, -0.2) is 0 Å². The number of rotatable bonds is 5. The molecule has 0 aromatic heterocycles. The van der Waals surface area contributed by atoms with E-state index in [2.05, 4.69) is 5.32 Å². The van der Waals surface area contributed by atoms with E-state index in [1.165, 1.54) is 38.5 Å². The van der Waals surface area contributed by atoms with Crippen LogP contribution in [0.1, 0.15) is 55.3 Å². The average Bonchev–Trinajstić information content (AvgIpc) is 2.53. The van der Waals surface area contributed by atoms with Crippen LogP contribution in [0.5, 0.6) is 5.75 Å². The van der Waals surface area contributed by atoms with Crippen molar-refractivity contribution in [2.24, 2.45) is 23.2 Å². The molecule has 1 aromatic carbocycles. The first-order valence-corrected chi connectivity index (χ1v) is 9.09. The van der Waals surface area contributed by atoms with Crippen molar-refractivity contribution in [3.8, 4) is 5.75 Å². The molecule has 4 aliphatic carbocycles. The van der Waals surface area contributed by atoms with E-state index in [0.29, 0.717) is 16.7 Å². The largest absolute Gasteiger partial charge is 0.496 e. The number of carbonyl (C=O) groups is 1. The van der Waals surface area contributed by atoms with Gasteiger partial charge in [-0.3, -0.25) is 4.79 Å². The van der Waals surface area contributed by atoms with Gasteiger partial charge in [0, 0.05) is 6.54 Å². The minimum absolute atomic E-state index is 0.00724. The minimum Gasteiger partial charge on any atom is -0.496 e. The van der Waals surface area contributed by atoms with Crippen LogP contribution < -0.4 is 10.1 Å². The second kappa shape index (κ2) is 5.85. The third kappa shape index (κ3) is 2.86. The minimum atomic E-state index is -0.00724. The maximum atomic E-state index is 12.4. The summed E-state index contributed by atoms with van der Waals surface area (Å²) in [5.41, 5.74) is 1.17. The van der Waals surface area contributed by atoms with Crippen LogP contribution in [0.3, 0.4) is 0 Å². The van der Waals surface area contributed by atoms with Crippen LogP contribution >= 0.6 is 0 Å². The highest BCUT2D eigenvalue weighted by molar-refractivity contribution is 5.96. The molecule has 0 atom stereocenters. The average molecular weight is 313 g/mol. The molecule has 3 nitrogen and oxygen atoms in total. The second-order valence-corrected chi connectivity index (χ2v) is 8.12. The molecule has 0 aliphatic heterocycles. The standard InChI is InChI=1S/C20H27NO2/c1-23-18-5-3-2-4-17(18)19(22)21-7-6-20-11-14-8-15(12-20)10-16(9-14)13-20/h2-5,14-16H,6-13H2,1H3,(H,21,22). The lowest BCUT2D eigenvalue weighted by Gasteiger charge is -2.57. The van der Waals surface area contributed by atoms with Crippen LogP contribution in [-0.4, -0.2) is 19.6 Å². The zero-order valence-electron chi connectivity index (χ0n) is 14.0. The maximum Gasteiger partial charge on any atom is 0.255 e. The van der Waals surface area contributed by atoms with Crippen molar-refractivity contribution in [2.75, 3.05) is 13.7 Å². The Balaban J connectivity index is 1.36. The van der Waals surface area contributed by atoms with E-state index < -0.39 is 0 Å². The predicted octanol–water partition coefficient (Wildman–Crippen LogP) is 4.03. The first-order chi connectivity index (χ1) is 11.2. The van der Waals surface area contributed by atoms with Crippen molar-refractivity contribution >= 4 is 5.91 Å². The van der Waals surface area contributed by atoms with Crippen molar-refractivity contribution in [3.63, 3.8) is 0 Å². The van der Waals surface area contributed by atoms with Gasteiger partial charge in [0.25, 0.3) is 5.91 Å². The number of hydrogen-bond acceptors (Lipinski definition) is 2. The molecular weight excluding hydrogens is 286 g/mol. The number of carbonyl (C=O) groups excluding carboxylic acids is 1. The lowest BCUT2D eigenvalue weighted by atomic mass is 9.49. The SMILES string of the molecule is COc1ccccc1C(=O)NCCC12CC3CC(CC(C3)C1)C2. The normalized spacial score (nSPS) is 34.4. The molecule has 0 heterocycles. The molecule has 0 spiro atoms. The van der Waals surface area contributed by atoms with E-state index in [-0.39, 0.29) is 5.91 Å². The van der Waals surface area contributed by atoms with Gasteiger partial charge in [-0.1, -0.05) is 12.1 Å². The molecule has 23 heavy (non-hydrogen) atoms. The Bertz CT molecular complexity index is 560. The van der Waals surface area contributed by atoms with Crippen molar-refractivity contribution in [1.82, 2.24) is 5.32 Å². The third-order valence-corrected chi connectivity index (χ3v) is 6.46. The first kappa shape index (κ1) is 15.0. The zero-order valence-corrected chi connectivity index (χ0v) is 14.0. The summed E-state index contributed by atoms with van der Waals surface area (Å²) in [7, 11) is 1.61. The molecule has 1 aromatic rings. The first-order valence-electron chi connectivity index (χ1n) is 9.09. The van der Waals surface area contributed by atoms with Gasteiger partial charge in [0.2, 0.25) is 0 Å². The van der Waals surface area contributed by atoms with E-state index >= 15 is 0 Å². The molecular formula is C20H27NO2. The van der Waals surface area contributed by atoms with Gasteiger partial charge in [0.1, 0.15) is 5.75 Å². The Labute approximate surface area is 138 Å². The molecule has 0 radical (unpaired) electrons. The molecule has 5 rings (SSSR count). The smallest absolute Gasteiger partial charge is 0.255 e. The summed E-state index contributed by atoms with van der Waals surface area (Å²) in [6, 6.07) is 7.45. The van der Waals surface area contributed by atoms with E-state index in [0.717, 1.165) is 30.7 Å². The number of ether oxygens (including phenoxy) is 1. The van der Waals surface area contributed by atoms with Crippen molar-refractivity contribution in [2.45, 2.75) is 44.9 Å². The summed E-state index contributed by atoms with van der Waals surface area (Å²) in [5.74, 6) is 3.58. The maximum absolute atomic E-state index is 12.4. The predicted molar refractivity (Wildman–Crippen MR) is 90.5 cm³/mol. The van der Waals surface area contributed by atoms with Crippen LogP contribution in [0.15, 0.2) is 24.3 Å². The van der Waals surface area contributed by atoms with Gasteiger partial charge in [-0.05, 0) is 80.2 Å². The van der Waals surface area contributed by atoms with Gasteiger partial charge >= 0.3 is 0 Å². The molecule has 4 aliphatic rings. The van der Waals surface area contributed by atoms with E-state index in [9.17, 15) is 4.79 Å². The Kier molecular flexibility index (Phi) is 3.82. The van der Waals surface area contributed by atoms with Gasteiger partial charge < -0.3 is 10.1 Å². The van der Waals surface area contributed by atoms with Crippen LogP contribution in [0.2, 0.25) is 0 Å². The molecule has 0 saturated heterocycles. The number of methoxy groups -OCH3 is 1. The highest BCUT2D eigenvalue weighted by atomic mass is 16.5. The monoisotopic (exact) mass is 313 g/mol. The number of nitrogens with one attached hydrogen (secondary N) is 1. The summed E-state index contributed by atoms with van der Waals surface area (Å²) in [4.78, 5) is 12.4. The fraction of sp³-hybridized carbons (Fsp3) is 0.650. The Morgan fingerprint density at radius 3 is 2.35 bits per heavy atom. The van der Waals surface area contributed by atoms with Crippen LogP contribution in [-0.2, 0) is 0 Å². The lowest BCUT2D eigenvalue weighted by Crippen LogP contribution is -2.47. The summed E-state index contributed by atoms with van der Waals surface area (Å²) in [6.45, 7) is 0.795. The fourth-order valence-corrected chi connectivity index (χ4v) is 5.96. The molecule has 4 fully saturated rings. The summed E-state index contributed by atoms with van der Waals surface area (Å²) in [5, 5.41) is 3.13. The molecule has 3 heteroatoms. The van der Waals surface area contributed by atoms with Crippen LogP contribution in [0.4, 0.5) is 0 Å². The summed E-state index contributed by atoms with van der Waals surface area (Å²) >= 11 is 0. The molecule has 4 saturated carbocycles. The topological polar surface area (TPSA) is 38.3 Å². The number of amides is 1. The summed E-state index contributed by atoms with van der Waals surface area (Å²) < 4.78 is 5.29. The van der Waals surface area contributed by atoms with Crippen molar-refractivity contribution in [1.29, 1.82) is 0 Å². The highest BCUT2D eigenvalue weighted by Gasteiger charge is 2.50. The summed E-state index contributed by atoms with van der Waals surface area (Å²) in [6.07, 6.45) is 9.81. The van der Waals surface area contributed by atoms with Gasteiger partial charge in [-0.15, -0.1) is 0 Å². The van der Waals surface area contributed by atoms with Gasteiger partial charge in [0.05, 0.1) is 12.7 Å². The highest BCUT2D eigenvalue weighted by Crippen LogP contribution is 2.61. The van der Waals surface area contributed by atoms with Crippen molar-refractivity contribution < 1.29 is 9.53 Å². The van der Waals surface area contributed by atoms with E-state index in [4.69, 9.17) is 4.74 Å². The molecule has 4 bridgehead atoms. The molecule has 1 amide bonds. The van der Waals surface area contributed by atoms with E-state index in [1.807, 2.05) is 24.3 Å². The van der Waals surface area contributed by atoms with Crippen LogP contribution in [0.25, 0.3) is 0 Å². The van der Waals surface area contributed by atoms with E-state index in [1.54, 1.807) is 7.11 Å². The molecule has 124 valence electrons. The Hall–Kier alpha value is -1.51. The second-order valence-electron chi connectivity index (χ2n) is 8.12. The quantitative estimate of drug-likeness (QED) is 0.891. The number of hydrogen-bond donors (Lipinski definition) is 1. The number of para-hydroxylation sites is 1. The Morgan fingerprint density at radius 2 is 1.74 bits per heavy atom. The van der Waals surface area contributed by atoms with Crippen molar-refractivity contribution in [3.05, 3.63) is 29.8 Å². The van der Waals surface area contributed by atoms with Crippen LogP contribution in [0, 0.1) is 23.2 Å². The fourth-order valence-electron chi connectivity index (χ4n) is 5.96. The molecule has 0 unspecified atom stereocenters. The zero-order chi connectivity index (χ0) is 15.9. The Morgan fingerprint density at radius 1 is 1.13 bits per heavy atom. The van der Waals surface area contributed by atoms with Gasteiger partial charge in [-0.2, -0.15) is 0 Å². The number of benzene rings is 1. The van der Waals surface area contributed by atoms with Gasteiger partial charge in [0.15, 0.2) is 0 Å². The third-order valence-electron chi connectivity index (χ3n) is 6.46. The molecule has 1 N–H and O–H groups in total. The lowest BCUT2D eigenvalue weighted by molar-refractivity contribution is -0.0564.